The van der Waals surface area contributed by atoms with E-state index in [1.807, 2.05) is 20.8 Å². The Morgan fingerprint density at radius 3 is 2.50 bits per heavy atom. The summed E-state index contributed by atoms with van der Waals surface area (Å²) in [6, 6.07) is -0.360. The SMILES string of the molecule is Cc1nc(CNC(=O)N(CCC(=O)O)C(C)(C)C)no1. The number of aryl methyl sites for hydroxylation is 1. The quantitative estimate of drug-likeness (QED) is 0.840. The van der Waals surface area contributed by atoms with Crippen LogP contribution in [0.1, 0.15) is 38.9 Å². The number of nitrogens with zero attached hydrogens (tertiary/aromatic N) is 3. The number of carbonyl (C=O) groups is 2. The summed E-state index contributed by atoms with van der Waals surface area (Å²) in [6.07, 6.45) is -0.105. The van der Waals surface area contributed by atoms with Crippen molar-refractivity contribution in [1.82, 2.24) is 20.4 Å². The molecule has 0 aliphatic carbocycles. The van der Waals surface area contributed by atoms with E-state index in [-0.39, 0.29) is 25.5 Å². The number of urea groups is 1. The van der Waals surface area contributed by atoms with Gasteiger partial charge in [0, 0.05) is 19.0 Å². The molecule has 8 nitrogen and oxygen atoms in total. The van der Waals surface area contributed by atoms with E-state index in [4.69, 9.17) is 9.63 Å². The summed E-state index contributed by atoms with van der Waals surface area (Å²) < 4.78 is 4.80. The molecule has 0 atom stereocenters. The number of hydrogen-bond donors (Lipinski definition) is 2. The molecule has 0 unspecified atom stereocenters. The summed E-state index contributed by atoms with van der Waals surface area (Å²) in [5, 5.41) is 15.1. The number of nitrogens with one attached hydrogen (secondary N) is 1. The molecule has 0 radical (unpaired) electrons. The molecular formula is C12H20N4O4. The number of rotatable bonds is 5. The van der Waals surface area contributed by atoms with Gasteiger partial charge in [0.05, 0.1) is 13.0 Å². The Hall–Kier alpha value is -2.12. The number of amides is 2. The van der Waals surface area contributed by atoms with Crippen LogP contribution in [0.4, 0.5) is 4.79 Å². The Morgan fingerprint density at radius 1 is 1.40 bits per heavy atom. The van der Waals surface area contributed by atoms with Gasteiger partial charge in [-0.2, -0.15) is 4.98 Å². The second-order valence-electron chi connectivity index (χ2n) is 5.35. The maximum atomic E-state index is 12.1. The van der Waals surface area contributed by atoms with Gasteiger partial charge in [0.15, 0.2) is 5.82 Å². The normalized spacial score (nSPS) is 11.2. The number of carboxylic acid groups (broad SMARTS) is 1. The van der Waals surface area contributed by atoms with Gasteiger partial charge in [0.2, 0.25) is 5.89 Å². The first-order valence-electron chi connectivity index (χ1n) is 6.26. The smallest absolute Gasteiger partial charge is 0.318 e. The van der Waals surface area contributed by atoms with Crippen LogP contribution in [0.2, 0.25) is 0 Å². The van der Waals surface area contributed by atoms with E-state index in [0.29, 0.717) is 11.7 Å². The molecule has 0 saturated carbocycles. The minimum absolute atomic E-state index is 0.105. The molecule has 2 amide bonds. The van der Waals surface area contributed by atoms with Gasteiger partial charge < -0.3 is 19.8 Å². The predicted octanol–water partition coefficient (Wildman–Crippen LogP) is 1.16. The zero-order chi connectivity index (χ0) is 15.3. The van der Waals surface area contributed by atoms with Gasteiger partial charge in [0.25, 0.3) is 0 Å². The minimum Gasteiger partial charge on any atom is -0.481 e. The highest BCUT2D eigenvalue weighted by atomic mass is 16.5. The molecule has 1 heterocycles. The molecule has 0 aliphatic rings. The topological polar surface area (TPSA) is 109 Å². The van der Waals surface area contributed by atoms with E-state index in [0.717, 1.165) is 0 Å². The summed E-state index contributed by atoms with van der Waals surface area (Å²) in [5.41, 5.74) is -0.479. The number of aliphatic carboxylic acids is 1. The lowest BCUT2D eigenvalue weighted by molar-refractivity contribution is -0.137. The third kappa shape index (κ3) is 4.87. The van der Waals surface area contributed by atoms with Gasteiger partial charge in [0.1, 0.15) is 0 Å². The van der Waals surface area contributed by atoms with Crippen LogP contribution in [0.5, 0.6) is 0 Å². The van der Waals surface area contributed by atoms with Gasteiger partial charge in [-0.3, -0.25) is 4.79 Å². The third-order valence-electron chi connectivity index (χ3n) is 2.57. The highest BCUT2D eigenvalue weighted by molar-refractivity contribution is 5.76. The number of carboxylic acids is 1. The predicted molar refractivity (Wildman–Crippen MR) is 70.0 cm³/mol. The molecule has 2 N–H and O–H groups in total. The Morgan fingerprint density at radius 2 is 2.05 bits per heavy atom. The lowest BCUT2D eigenvalue weighted by atomic mass is 10.1. The van der Waals surface area contributed by atoms with Gasteiger partial charge in [-0.15, -0.1) is 0 Å². The maximum Gasteiger partial charge on any atom is 0.318 e. The second kappa shape index (κ2) is 6.36. The minimum atomic E-state index is -0.944. The van der Waals surface area contributed by atoms with Crippen molar-refractivity contribution >= 4 is 12.0 Å². The molecular weight excluding hydrogens is 264 g/mol. The van der Waals surface area contributed by atoms with Crippen molar-refractivity contribution in [3.63, 3.8) is 0 Å². The third-order valence-corrected chi connectivity index (χ3v) is 2.57. The lowest BCUT2D eigenvalue weighted by Gasteiger charge is -2.35. The van der Waals surface area contributed by atoms with Crippen LogP contribution in [0.3, 0.4) is 0 Å². The van der Waals surface area contributed by atoms with Crippen molar-refractivity contribution in [2.24, 2.45) is 0 Å². The molecule has 0 bridgehead atoms. The van der Waals surface area contributed by atoms with Crippen molar-refractivity contribution in [3.05, 3.63) is 11.7 Å². The molecule has 20 heavy (non-hydrogen) atoms. The number of carbonyl (C=O) groups excluding carboxylic acids is 1. The van der Waals surface area contributed by atoms with Crippen molar-refractivity contribution in [2.75, 3.05) is 6.54 Å². The highest BCUT2D eigenvalue weighted by Gasteiger charge is 2.26. The molecule has 0 saturated heterocycles. The number of hydrogen-bond acceptors (Lipinski definition) is 5. The van der Waals surface area contributed by atoms with E-state index in [2.05, 4.69) is 15.5 Å². The first-order valence-corrected chi connectivity index (χ1v) is 6.26. The van der Waals surface area contributed by atoms with Crippen molar-refractivity contribution in [2.45, 2.75) is 46.2 Å². The van der Waals surface area contributed by atoms with Crippen molar-refractivity contribution < 1.29 is 19.2 Å². The summed E-state index contributed by atoms with van der Waals surface area (Å²) in [4.78, 5) is 28.2. The fourth-order valence-corrected chi connectivity index (χ4v) is 1.61. The second-order valence-corrected chi connectivity index (χ2v) is 5.35. The van der Waals surface area contributed by atoms with Crippen LogP contribution in [-0.4, -0.2) is 44.2 Å². The molecule has 0 aliphatic heterocycles. The Labute approximate surface area is 117 Å². The lowest BCUT2D eigenvalue weighted by Crippen LogP contribution is -2.51. The van der Waals surface area contributed by atoms with Crippen LogP contribution in [0.15, 0.2) is 4.52 Å². The van der Waals surface area contributed by atoms with Gasteiger partial charge in [-0.1, -0.05) is 5.16 Å². The maximum absolute atomic E-state index is 12.1. The summed E-state index contributed by atoms with van der Waals surface area (Å²) in [5.74, 6) is -0.142. The highest BCUT2D eigenvalue weighted by Crippen LogP contribution is 2.14. The van der Waals surface area contributed by atoms with Gasteiger partial charge >= 0.3 is 12.0 Å². The fraction of sp³-hybridized carbons (Fsp3) is 0.667. The van der Waals surface area contributed by atoms with Gasteiger partial charge in [-0.05, 0) is 20.8 Å². The van der Waals surface area contributed by atoms with Crippen LogP contribution in [0, 0.1) is 6.92 Å². The van der Waals surface area contributed by atoms with Crippen LogP contribution in [-0.2, 0) is 11.3 Å². The molecule has 1 rings (SSSR count). The van der Waals surface area contributed by atoms with Crippen molar-refractivity contribution in [1.29, 1.82) is 0 Å². The monoisotopic (exact) mass is 284 g/mol. The molecule has 0 spiro atoms. The Bertz CT molecular complexity index is 478. The first kappa shape index (κ1) is 15.9. The molecule has 1 aromatic rings. The van der Waals surface area contributed by atoms with E-state index >= 15 is 0 Å². The summed E-state index contributed by atoms with van der Waals surface area (Å²) >= 11 is 0. The Kier molecular flexibility index (Phi) is 5.06. The average Bonchev–Trinajstić information content (AvgIpc) is 2.70. The first-order chi connectivity index (χ1) is 9.20. The molecule has 112 valence electrons. The molecule has 1 aromatic heterocycles. The zero-order valence-corrected chi connectivity index (χ0v) is 12.1. The Balaban J connectivity index is 2.61. The molecule has 0 aromatic carbocycles. The standard InChI is InChI=1S/C12H20N4O4/c1-8-14-9(15-20-8)7-13-11(19)16(12(2,3)4)6-5-10(17)18/h5-7H2,1-4H3,(H,13,19)(H,17,18). The van der Waals surface area contributed by atoms with Crippen LogP contribution >= 0.6 is 0 Å². The van der Waals surface area contributed by atoms with E-state index in [9.17, 15) is 9.59 Å². The van der Waals surface area contributed by atoms with Crippen LogP contribution in [0.25, 0.3) is 0 Å². The zero-order valence-electron chi connectivity index (χ0n) is 12.1. The fourth-order valence-electron chi connectivity index (χ4n) is 1.61. The number of aromatic nitrogens is 2. The summed E-state index contributed by atoms with van der Waals surface area (Å²) in [6.45, 7) is 7.45. The van der Waals surface area contributed by atoms with Crippen LogP contribution < -0.4 is 5.32 Å². The van der Waals surface area contributed by atoms with Gasteiger partial charge in [-0.25, -0.2) is 4.79 Å². The van der Waals surface area contributed by atoms with E-state index in [1.54, 1.807) is 6.92 Å². The molecule has 8 heteroatoms. The van der Waals surface area contributed by atoms with E-state index < -0.39 is 11.5 Å². The summed E-state index contributed by atoms with van der Waals surface area (Å²) in [7, 11) is 0. The molecule has 0 fully saturated rings. The van der Waals surface area contributed by atoms with E-state index in [1.165, 1.54) is 4.90 Å². The largest absolute Gasteiger partial charge is 0.481 e. The van der Waals surface area contributed by atoms with Crippen molar-refractivity contribution in [3.8, 4) is 0 Å². The average molecular weight is 284 g/mol.